The number of carbonyl (C=O) groups is 3. The first-order chi connectivity index (χ1) is 5.04. The highest BCUT2D eigenvalue weighted by Gasteiger charge is 2.00. The molecular weight excluding hydrogens is 154 g/mol. The van der Waals surface area contributed by atoms with Crippen molar-refractivity contribution < 1.29 is 24.6 Å². The molecule has 0 rings (SSSR count). The van der Waals surface area contributed by atoms with Crippen LogP contribution in [0.1, 0.15) is 12.8 Å². The Morgan fingerprint density at radius 2 is 1.36 bits per heavy atom. The molecule has 0 aliphatic heterocycles. The van der Waals surface area contributed by atoms with E-state index in [4.69, 9.17) is 15.0 Å². The van der Waals surface area contributed by atoms with Gasteiger partial charge in [-0.25, -0.2) is 0 Å². The molecular formula is C5H9NO5. The van der Waals surface area contributed by atoms with Crippen LogP contribution in [0.15, 0.2) is 0 Å². The molecule has 0 saturated heterocycles. The van der Waals surface area contributed by atoms with Gasteiger partial charge in [-0.3, -0.25) is 14.4 Å². The molecule has 0 radical (unpaired) electrons. The molecule has 0 heterocycles. The van der Waals surface area contributed by atoms with Gasteiger partial charge in [0.1, 0.15) is 0 Å². The van der Waals surface area contributed by atoms with Crippen LogP contribution in [0, 0.1) is 0 Å². The van der Waals surface area contributed by atoms with Crippen molar-refractivity contribution in [2.24, 2.45) is 5.73 Å². The van der Waals surface area contributed by atoms with E-state index in [0.717, 1.165) is 0 Å². The van der Waals surface area contributed by atoms with Crippen molar-refractivity contribution in [3.63, 3.8) is 0 Å². The summed E-state index contributed by atoms with van der Waals surface area (Å²) in [7, 11) is 0. The number of nitrogens with two attached hydrogens (primary N) is 1. The van der Waals surface area contributed by atoms with Crippen molar-refractivity contribution in [1.82, 2.24) is 0 Å². The first-order valence-corrected chi connectivity index (χ1v) is 2.63. The SMILES string of the molecule is NC=O.O=C(O)CCC(=O)O. The Balaban J connectivity index is 0. The molecule has 0 unspecified atom stereocenters. The maximum absolute atomic E-state index is 9.64. The summed E-state index contributed by atoms with van der Waals surface area (Å²) < 4.78 is 0. The first-order valence-electron chi connectivity index (χ1n) is 2.63. The molecule has 0 spiro atoms. The fourth-order valence-corrected chi connectivity index (χ4v) is 0.214. The summed E-state index contributed by atoms with van der Waals surface area (Å²) in [4.78, 5) is 27.9. The lowest BCUT2D eigenvalue weighted by molar-refractivity contribution is -0.143. The van der Waals surface area contributed by atoms with Crippen LogP contribution < -0.4 is 5.73 Å². The second-order valence-corrected chi connectivity index (χ2v) is 1.42. The molecule has 1 amide bonds. The predicted octanol–water partition coefficient (Wildman–Crippen LogP) is -0.963. The lowest BCUT2D eigenvalue weighted by atomic mass is 10.3. The fraction of sp³-hybridized carbons (Fsp3) is 0.400. The maximum Gasteiger partial charge on any atom is 0.303 e. The molecule has 0 bridgehead atoms. The zero-order valence-electron chi connectivity index (χ0n) is 5.69. The Hall–Kier alpha value is -1.59. The lowest BCUT2D eigenvalue weighted by Crippen LogP contribution is -2.00. The number of primary amides is 1. The highest BCUT2D eigenvalue weighted by molar-refractivity contribution is 5.75. The standard InChI is InChI=1S/C4H6O4.CH3NO/c5-3(6)1-2-4(7)8;2-1-3/h1-2H2,(H,5,6)(H,7,8);1H,(H2,2,3). The van der Waals surface area contributed by atoms with E-state index in [9.17, 15) is 9.59 Å². The van der Waals surface area contributed by atoms with Gasteiger partial charge in [-0.1, -0.05) is 0 Å². The number of carboxylic acid groups (broad SMARTS) is 2. The zero-order chi connectivity index (χ0) is 9.28. The van der Waals surface area contributed by atoms with Gasteiger partial charge in [0.05, 0.1) is 12.8 Å². The van der Waals surface area contributed by atoms with Crippen molar-refractivity contribution >= 4 is 18.3 Å². The molecule has 11 heavy (non-hydrogen) atoms. The summed E-state index contributed by atoms with van der Waals surface area (Å²) >= 11 is 0. The third kappa shape index (κ3) is 29.7. The number of hydrogen-bond donors (Lipinski definition) is 3. The van der Waals surface area contributed by atoms with E-state index < -0.39 is 11.9 Å². The van der Waals surface area contributed by atoms with Crippen molar-refractivity contribution in [2.45, 2.75) is 12.8 Å². The van der Waals surface area contributed by atoms with Crippen LogP contribution >= 0.6 is 0 Å². The van der Waals surface area contributed by atoms with Crippen LogP contribution in [-0.4, -0.2) is 28.6 Å². The van der Waals surface area contributed by atoms with E-state index in [-0.39, 0.29) is 19.3 Å². The van der Waals surface area contributed by atoms with Crippen LogP contribution in [0.5, 0.6) is 0 Å². The van der Waals surface area contributed by atoms with Crippen LogP contribution in [0.2, 0.25) is 0 Å². The molecule has 6 nitrogen and oxygen atoms in total. The molecule has 0 aliphatic carbocycles. The molecule has 0 aromatic carbocycles. The molecule has 0 aromatic heterocycles. The number of aliphatic carboxylic acids is 2. The Morgan fingerprint density at radius 1 is 1.18 bits per heavy atom. The number of carbonyl (C=O) groups excluding carboxylic acids is 1. The summed E-state index contributed by atoms with van der Waals surface area (Å²) in [6, 6.07) is 0. The van der Waals surface area contributed by atoms with Crippen LogP contribution in [0.4, 0.5) is 0 Å². The Bertz CT molecular complexity index is 130. The molecule has 0 aromatic rings. The molecule has 0 saturated carbocycles. The number of amides is 1. The molecule has 0 atom stereocenters. The number of rotatable bonds is 3. The highest BCUT2D eigenvalue weighted by atomic mass is 16.4. The van der Waals surface area contributed by atoms with Crippen LogP contribution in [0.25, 0.3) is 0 Å². The second kappa shape index (κ2) is 8.41. The van der Waals surface area contributed by atoms with E-state index in [1.165, 1.54) is 0 Å². The summed E-state index contributed by atoms with van der Waals surface area (Å²) in [5, 5.41) is 15.8. The number of carboxylic acids is 2. The summed E-state index contributed by atoms with van der Waals surface area (Å²) in [6.07, 6.45) is -0.343. The molecule has 0 aliphatic rings. The van der Waals surface area contributed by atoms with Gasteiger partial charge in [-0.05, 0) is 0 Å². The maximum atomic E-state index is 9.64. The van der Waals surface area contributed by atoms with Crippen LogP contribution in [0.3, 0.4) is 0 Å². The topological polar surface area (TPSA) is 118 Å². The van der Waals surface area contributed by atoms with Gasteiger partial charge in [0, 0.05) is 0 Å². The predicted molar refractivity (Wildman–Crippen MR) is 34.8 cm³/mol. The monoisotopic (exact) mass is 163 g/mol. The van der Waals surface area contributed by atoms with Gasteiger partial charge in [0.2, 0.25) is 6.41 Å². The lowest BCUT2D eigenvalue weighted by Gasteiger charge is -1.85. The van der Waals surface area contributed by atoms with Crippen LogP contribution in [-0.2, 0) is 14.4 Å². The third-order valence-corrected chi connectivity index (χ3v) is 0.553. The van der Waals surface area contributed by atoms with E-state index in [1.807, 2.05) is 0 Å². The first kappa shape index (κ1) is 12.1. The van der Waals surface area contributed by atoms with Gasteiger partial charge >= 0.3 is 11.9 Å². The fourth-order valence-electron chi connectivity index (χ4n) is 0.214. The normalized spacial score (nSPS) is 7.27. The molecule has 6 heteroatoms. The van der Waals surface area contributed by atoms with Crippen molar-refractivity contribution in [2.75, 3.05) is 0 Å². The zero-order valence-corrected chi connectivity index (χ0v) is 5.69. The van der Waals surface area contributed by atoms with E-state index in [2.05, 4.69) is 5.73 Å². The van der Waals surface area contributed by atoms with Crippen molar-refractivity contribution in [3.8, 4) is 0 Å². The van der Waals surface area contributed by atoms with Gasteiger partial charge in [0.25, 0.3) is 0 Å². The Morgan fingerprint density at radius 3 is 1.45 bits per heavy atom. The minimum absolute atomic E-state index is 0.250. The van der Waals surface area contributed by atoms with Gasteiger partial charge in [0.15, 0.2) is 0 Å². The Labute approximate surface area is 62.6 Å². The van der Waals surface area contributed by atoms with E-state index in [0.29, 0.717) is 0 Å². The smallest absolute Gasteiger partial charge is 0.303 e. The summed E-state index contributed by atoms with van der Waals surface area (Å²) in [6.45, 7) is 0. The highest BCUT2D eigenvalue weighted by Crippen LogP contribution is 1.85. The van der Waals surface area contributed by atoms with E-state index >= 15 is 0 Å². The average Bonchev–Trinajstić information content (AvgIpc) is 1.85. The minimum Gasteiger partial charge on any atom is -0.481 e. The quantitative estimate of drug-likeness (QED) is 0.463. The molecule has 4 N–H and O–H groups in total. The molecule has 64 valence electrons. The van der Waals surface area contributed by atoms with E-state index in [1.54, 1.807) is 0 Å². The third-order valence-electron chi connectivity index (χ3n) is 0.553. The van der Waals surface area contributed by atoms with Gasteiger partial charge < -0.3 is 15.9 Å². The second-order valence-electron chi connectivity index (χ2n) is 1.42. The summed E-state index contributed by atoms with van der Waals surface area (Å²) in [5.74, 6) is -2.15. The van der Waals surface area contributed by atoms with Crippen molar-refractivity contribution in [1.29, 1.82) is 0 Å². The van der Waals surface area contributed by atoms with Crippen molar-refractivity contribution in [3.05, 3.63) is 0 Å². The van der Waals surface area contributed by atoms with Gasteiger partial charge in [-0.15, -0.1) is 0 Å². The number of hydrogen-bond acceptors (Lipinski definition) is 3. The molecule has 0 fully saturated rings. The summed E-state index contributed by atoms with van der Waals surface area (Å²) in [5.41, 5.74) is 4.17. The average molecular weight is 163 g/mol. The Kier molecular flexibility index (Phi) is 9.27. The minimum atomic E-state index is -1.08. The van der Waals surface area contributed by atoms with Gasteiger partial charge in [-0.2, -0.15) is 0 Å². The largest absolute Gasteiger partial charge is 0.481 e.